The highest BCUT2D eigenvalue weighted by molar-refractivity contribution is 5.81. The van der Waals surface area contributed by atoms with Gasteiger partial charge in [0.1, 0.15) is 0 Å². The van der Waals surface area contributed by atoms with Crippen molar-refractivity contribution in [1.29, 1.82) is 0 Å². The van der Waals surface area contributed by atoms with Gasteiger partial charge in [0.15, 0.2) is 6.10 Å². The van der Waals surface area contributed by atoms with Crippen LogP contribution in [0.5, 0.6) is 0 Å². The second-order valence-electron chi connectivity index (χ2n) is 5.83. The molecule has 1 heterocycles. The van der Waals surface area contributed by atoms with E-state index >= 15 is 0 Å². The molecule has 0 aromatic heterocycles. The Morgan fingerprint density at radius 3 is 2.62 bits per heavy atom. The molecule has 2 atom stereocenters. The second-order valence-corrected chi connectivity index (χ2v) is 5.83. The Kier molecular flexibility index (Phi) is 6.31. The van der Waals surface area contributed by atoms with Gasteiger partial charge in [-0.05, 0) is 12.5 Å². The lowest BCUT2D eigenvalue weighted by molar-refractivity contribution is -0.166. The van der Waals surface area contributed by atoms with E-state index in [1.807, 2.05) is 30.3 Å². The van der Waals surface area contributed by atoms with Gasteiger partial charge in [-0.3, -0.25) is 9.59 Å². The summed E-state index contributed by atoms with van der Waals surface area (Å²) < 4.78 is 5.27. The Morgan fingerprint density at radius 2 is 1.96 bits per heavy atom. The van der Waals surface area contributed by atoms with Gasteiger partial charge in [-0.1, -0.05) is 30.3 Å². The Balaban J connectivity index is 1.74. The van der Waals surface area contributed by atoms with E-state index in [1.165, 1.54) is 4.90 Å². The molecule has 0 spiro atoms. The molecule has 1 aliphatic rings. The van der Waals surface area contributed by atoms with Crippen molar-refractivity contribution in [2.75, 3.05) is 19.6 Å². The van der Waals surface area contributed by atoms with Gasteiger partial charge in [0.2, 0.25) is 11.8 Å². The van der Waals surface area contributed by atoms with Crippen LogP contribution in [0, 0.1) is 0 Å². The summed E-state index contributed by atoms with van der Waals surface area (Å²) in [7, 11) is 0. The number of morpholine rings is 1. The number of hydrogen-bond acceptors (Lipinski definition) is 4. The summed E-state index contributed by atoms with van der Waals surface area (Å²) in [5.41, 5.74) is 0.910. The van der Waals surface area contributed by atoms with Crippen LogP contribution in [0.2, 0.25) is 0 Å². The fourth-order valence-electron chi connectivity index (χ4n) is 2.60. The maximum atomic E-state index is 12.2. The van der Waals surface area contributed by atoms with E-state index < -0.39 is 12.1 Å². The van der Waals surface area contributed by atoms with Crippen LogP contribution >= 0.6 is 0 Å². The summed E-state index contributed by atoms with van der Waals surface area (Å²) in [4.78, 5) is 36.5. The highest BCUT2D eigenvalue weighted by Gasteiger charge is 2.32. The molecule has 1 unspecified atom stereocenters. The van der Waals surface area contributed by atoms with E-state index in [2.05, 4.69) is 5.32 Å². The van der Waals surface area contributed by atoms with Crippen molar-refractivity contribution in [3.63, 3.8) is 0 Å². The fourth-order valence-corrected chi connectivity index (χ4v) is 2.60. The van der Waals surface area contributed by atoms with Crippen molar-refractivity contribution < 1.29 is 24.2 Å². The minimum absolute atomic E-state index is 0.0382. The molecule has 0 aliphatic carbocycles. The fraction of sp³-hybridized carbons (Fsp3) is 0.471. The molecule has 2 rings (SSSR count). The minimum Gasteiger partial charge on any atom is -0.479 e. The molecule has 7 nitrogen and oxygen atoms in total. The quantitative estimate of drug-likeness (QED) is 0.787. The number of benzene rings is 1. The topological polar surface area (TPSA) is 95.9 Å². The molecule has 1 saturated heterocycles. The highest BCUT2D eigenvalue weighted by atomic mass is 16.5. The van der Waals surface area contributed by atoms with Gasteiger partial charge in [0, 0.05) is 19.5 Å². The molecular formula is C17H22N2O5. The summed E-state index contributed by atoms with van der Waals surface area (Å²) in [6.45, 7) is 2.36. The number of rotatable bonds is 6. The third-order valence-corrected chi connectivity index (χ3v) is 3.76. The number of hydrogen-bond donors (Lipinski definition) is 2. The molecule has 1 aromatic carbocycles. The molecule has 0 bridgehead atoms. The Labute approximate surface area is 140 Å². The number of carboxylic acid groups (broad SMARTS) is 1. The van der Waals surface area contributed by atoms with Crippen LogP contribution in [-0.4, -0.2) is 59.6 Å². The Hall–Kier alpha value is -2.41. The van der Waals surface area contributed by atoms with Gasteiger partial charge < -0.3 is 20.1 Å². The van der Waals surface area contributed by atoms with Gasteiger partial charge in [0.25, 0.3) is 0 Å². The number of ether oxygens (including phenoxy) is 1. The first-order chi connectivity index (χ1) is 11.5. The van der Waals surface area contributed by atoms with Crippen molar-refractivity contribution in [2.24, 2.45) is 0 Å². The summed E-state index contributed by atoms with van der Waals surface area (Å²) in [6, 6.07) is 9.35. The van der Waals surface area contributed by atoms with Gasteiger partial charge in [-0.2, -0.15) is 0 Å². The van der Waals surface area contributed by atoms with Crippen molar-refractivity contribution in [2.45, 2.75) is 32.0 Å². The third-order valence-electron chi connectivity index (χ3n) is 3.76. The van der Waals surface area contributed by atoms with Gasteiger partial charge in [-0.15, -0.1) is 0 Å². The first kappa shape index (κ1) is 17.9. The first-order valence-electron chi connectivity index (χ1n) is 7.92. The zero-order chi connectivity index (χ0) is 17.5. The van der Waals surface area contributed by atoms with Gasteiger partial charge in [0.05, 0.1) is 19.1 Å². The molecule has 7 heteroatoms. The number of nitrogens with one attached hydrogen (secondary N) is 1. The maximum Gasteiger partial charge on any atom is 0.334 e. The lowest BCUT2D eigenvalue weighted by Crippen LogP contribution is -2.52. The largest absolute Gasteiger partial charge is 0.479 e. The number of amides is 2. The van der Waals surface area contributed by atoms with Crippen LogP contribution in [0.3, 0.4) is 0 Å². The lowest BCUT2D eigenvalue weighted by atomic mass is 10.1. The third kappa shape index (κ3) is 5.34. The predicted molar refractivity (Wildman–Crippen MR) is 86.3 cm³/mol. The molecule has 0 saturated carbocycles. The van der Waals surface area contributed by atoms with E-state index in [1.54, 1.807) is 6.92 Å². The van der Waals surface area contributed by atoms with Crippen LogP contribution in [0.15, 0.2) is 30.3 Å². The highest BCUT2D eigenvalue weighted by Crippen LogP contribution is 2.12. The minimum atomic E-state index is -1.07. The molecular weight excluding hydrogens is 312 g/mol. The number of carboxylic acids is 1. The summed E-state index contributed by atoms with van der Waals surface area (Å²) in [5, 5.41) is 11.7. The molecule has 1 aromatic rings. The number of carbonyl (C=O) groups is 3. The average Bonchev–Trinajstić information content (AvgIpc) is 2.55. The van der Waals surface area contributed by atoms with Gasteiger partial charge in [-0.25, -0.2) is 4.79 Å². The molecule has 130 valence electrons. The van der Waals surface area contributed by atoms with Crippen molar-refractivity contribution >= 4 is 17.8 Å². The van der Waals surface area contributed by atoms with E-state index in [-0.39, 0.29) is 43.8 Å². The average molecular weight is 334 g/mol. The zero-order valence-corrected chi connectivity index (χ0v) is 13.6. The normalized spacial score (nSPS) is 20.5. The van der Waals surface area contributed by atoms with Crippen LogP contribution < -0.4 is 5.32 Å². The molecule has 1 fully saturated rings. The molecule has 2 N–H and O–H groups in total. The first-order valence-corrected chi connectivity index (χ1v) is 7.92. The van der Waals surface area contributed by atoms with E-state index in [0.29, 0.717) is 6.54 Å². The van der Waals surface area contributed by atoms with Crippen LogP contribution in [0.1, 0.15) is 18.9 Å². The number of aliphatic carboxylic acids is 1. The molecule has 24 heavy (non-hydrogen) atoms. The standard InChI is InChI=1S/C17H22N2O5/c1-12-10-19(11-14(24-12)17(22)23)16(21)7-8-18-15(20)9-13-5-3-2-4-6-13/h2-6,12,14H,7-11H2,1H3,(H,18,20)(H,22,23)/t12-,14?/m1/s1. The lowest BCUT2D eigenvalue weighted by Gasteiger charge is -2.35. The molecule has 0 radical (unpaired) electrons. The van der Waals surface area contributed by atoms with Crippen LogP contribution in [-0.2, 0) is 25.5 Å². The maximum absolute atomic E-state index is 12.2. The monoisotopic (exact) mass is 334 g/mol. The van der Waals surface area contributed by atoms with Crippen LogP contribution in [0.4, 0.5) is 0 Å². The van der Waals surface area contributed by atoms with Crippen LogP contribution in [0.25, 0.3) is 0 Å². The molecule has 1 aliphatic heterocycles. The van der Waals surface area contributed by atoms with Gasteiger partial charge >= 0.3 is 5.97 Å². The summed E-state index contributed by atoms with van der Waals surface area (Å²) >= 11 is 0. The Morgan fingerprint density at radius 1 is 1.25 bits per heavy atom. The molecule has 2 amide bonds. The predicted octanol–water partition coefficient (Wildman–Crippen LogP) is 0.436. The van der Waals surface area contributed by atoms with Crippen molar-refractivity contribution in [3.05, 3.63) is 35.9 Å². The van der Waals surface area contributed by atoms with E-state index in [0.717, 1.165) is 5.56 Å². The van der Waals surface area contributed by atoms with Crippen molar-refractivity contribution in [3.8, 4) is 0 Å². The summed E-state index contributed by atoms with van der Waals surface area (Å²) in [6.07, 6.45) is -0.911. The Bertz CT molecular complexity index is 590. The summed E-state index contributed by atoms with van der Waals surface area (Å²) in [5.74, 6) is -1.40. The SMILES string of the molecule is C[C@@H]1CN(C(=O)CCNC(=O)Cc2ccccc2)CC(C(=O)O)O1. The number of carbonyl (C=O) groups excluding carboxylic acids is 2. The second kappa shape index (κ2) is 8.44. The zero-order valence-electron chi connectivity index (χ0n) is 13.6. The number of nitrogens with zero attached hydrogens (tertiary/aromatic N) is 1. The van der Waals surface area contributed by atoms with Crippen molar-refractivity contribution in [1.82, 2.24) is 10.2 Å². The van der Waals surface area contributed by atoms with E-state index in [4.69, 9.17) is 9.84 Å². The van der Waals surface area contributed by atoms with E-state index in [9.17, 15) is 14.4 Å². The smallest absolute Gasteiger partial charge is 0.334 e.